The SMILES string of the molecule is CC(C)N[C@@H]1CCN[C@H](c2ccc(F)c(F)c2)C1. The summed E-state index contributed by atoms with van der Waals surface area (Å²) in [7, 11) is 0. The molecule has 1 aromatic rings. The van der Waals surface area contributed by atoms with Crippen molar-refractivity contribution in [3.63, 3.8) is 0 Å². The minimum atomic E-state index is -0.786. The van der Waals surface area contributed by atoms with Gasteiger partial charge in [0, 0.05) is 18.1 Å². The topological polar surface area (TPSA) is 24.1 Å². The molecule has 0 aliphatic carbocycles. The summed E-state index contributed by atoms with van der Waals surface area (Å²) in [5.41, 5.74) is 0.823. The summed E-state index contributed by atoms with van der Waals surface area (Å²) in [5.74, 6) is -1.56. The van der Waals surface area contributed by atoms with Gasteiger partial charge in [0.05, 0.1) is 0 Å². The fourth-order valence-electron chi connectivity index (χ4n) is 2.52. The van der Waals surface area contributed by atoms with E-state index in [2.05, 4.69) is 24.5 Å². The second-order valence-electron chi connectivity index (χ2n) is 5.22. The van der Waals surface area contributed by atoms with Gasteiger partial charge in [-0.3, -0.25) is 0 Å². The van der Waals surface area contributed by atoms with E-state index in [9.17, 15) is 8.78 Å². The highest BCUT2D eigenvalue weighted by Crippen LogP contribution is 2.24. The van der Waals surface area contributed by atoms with Crippen molar-refractivity contribution in [1.29, 1.82) is 0 Å². The zero-order chi connectivity index (χ0) is 13.1. The van der Waals surface area contributed by atoms with E-state index in [0.29, 0.717) is 12.1 Å². The summed E-state index contributed by atoms with van der Waals surface area (Å²) in [6.07, 6.45) is 1.97. The average molecular weight is 254 g/mol. The fourth-order valence-corrected chi connectivity index (χ4v) is 2.52. The molecule has 1 heterocycles. The lowest BCUT2D eigenvalue weighted by Crippen LogP contribution is -2.44. The Bertz CT molecular complexity index is 407. The first kappa shape index (κ1) is 13.4. The van der Waals surface area contributed by atoms with Crippen molar-refractivity contribution < 1.29 is 8.78 Å². The molecule has 0 unspecified atom stereocenters. The molecule has 1 aliphatic rings. The van der Waals surface area contributed by atoms with Crippen molar-refractivity contribution in [2.24, 2.45) is 0 Å². The molecule has 0 radical (unpaired) electrons. The van der Waals surface area contributed by atoms with Crippen LogP contribution in [0.2, 0.25) is 0 Å². The lowest BCUT2D eigenvalue weighted by molar-refractivity contribution is 0.308. The Balaban J connectivity index is 2.05. The number of piperidine rings is 1. The molecule has 2 nitrogen and oxygen atoms in total. The number of rotatable bonds is 3. The third kappa shape index (κ3) is 3.27. The van der Waals surface area contributed by atoms with Gasteiger partial charge >= 0.3 is 0 Å². The smallest absolute Gasteiger partial charge is 0.159 e. The van der Waals surface area contributed by atoms with Gasteiger partial charge in [0.1, 0.15) is 0 Å². The predicted molar refractivity (Wildman–Crippen MR) is 68.4 cm³/mol. The maximum absolute atomic E-state index is 13.2. The molecule has 4 heteroatoms. The van der Waals surface area contributed by atoms with Crippen LogP contribution in [0.15, 0.2) is 18.2 Å². The molecular weight excluding hydrogens is 234 g/mol. The molecular formula is C14H20F2N2. The van der Waals surface area contributed by atoms with E-state index >= 15 is 0 Å². The normalized spacial score (nSPS) is 24.5. The van der Waals surface area contributed by atoms with Crippen LogP contribution in [0.25, 0.3) is 0 Å². The van der Waals surface area contributed by atoms with E-state index in [1.54, 1.807) is 6.07 Å². The van der Waals surface area contributed by atoms with Crippen LogP contribution in [-0.2, 0) is 0 Å². The molecule has 1 fully saturated rings. The maximum atomic E-state index is 13.2. The number of nitrogens with one attached hydrogen (secondary N) is 2. The third-order valence-electron chi connectivity index (χ3n) is 3.32. The van der Waals surface area contributed by atoms with Crippen LogP contribution in [0, 0.1) is 11.6 Å². The fraction of sp³-hybridized carbons (Fsp3) is 0.571. The Hall–Kier alpha value is -1.00. The standard InChI is InChI=1S/C14H20F2N2/c1-9(2)18-11-5-6-17-14(8-11)10-3-4-12(15)13(16)7-10/h3-4,7,9,11,14,17-18H,5-6,8H2,1-2H3/t11-,14+/m1/s1. The van der Waals surface area contributed by atoms with Gasteiger partial charge in [0.25, 0.3) is 0 Å². The first-order valence-electron chi connectivity index (χ1n) is 6.50. The van der Waals surface area contributed by atoms with Crippen LogP contribution in [0.5, 0.6) is 0 Å². The van der Waals surface area contributed by atoms with Gasteiger partial charge in [-0.2, -0.15) is 0 Å². The van der Waals surface area contributed by atoms with Crippen LogP contribution in [0.1, 0.15) is 38.3 Å². The quantitative estimate of drug-likeness (QED) is 0.866. The summed E-state index contributed by atoms with van der Waals surface area (Å²) in [6, 6.07) is 5.14. The molecule has 2 atom stereocenters. The zero-order valence-corrected chi connectivity index (χ0v) is 10.8. The molecule has 0 spiro atoms. The lowest BCUT2D eigenvalue weighted by Gasteiger charge is -2.32. The van der Waals surface area contributed by atoms with Crippen molar-refractivity contribution in [3.05, 3.63) is 35.4 Å². The van der Waals surface area contributed by atoms with Gasteiger partial charge in [-0.05, 0) is 37.1 Å². The lowest BCUT2D eigenvalue weighted by atomic mass is 9.93. The second-order valence-corrected chi connectivity index (χ2v) is 5.22. The molecule has 2 rings (SSSR count). The van der Waals surface area contributed by atoms with Crippen molar-refractivity contribution in [3.8, 4) is 0 Å². The number of benzene rings is 1. The van der Waals surface area contributed by atoms with Gasteiger partial charge < -0.3 is 10.6 Å². The van der Waals surface area contributed by atoms with Crippen LogP contribution in [0.3, 0.4) is 0 Å². The Labute approximate surface area is 107 Å². The highest BCUT2D eigenvalue weighted by atomic mass is 19.2. The van der Waals surface area contributed by atoms with Crippen molar-refractivity contribution in [2.45, 2.75) is 44.8 Å². The Morgan fingerprint density at radius 3 is 2.72 bits per heavy atom. The number of hydrogen-bond acceptors (Lipinski definition) is 2. The molecule has 100 valence electrons. The van der Waals surface area contributed by atoms with Crippen molar-refractivity contribution in [2.75, 3.05) is 6.54 Å². The maximum Gasteiger partial charge on any atom is 0.159 e. The Morgan fingerprint density at radius 1 is 1.28 bits per heavy atom. The minimum absolute atomic E-state index is 0.102. The number of halogens is 2. The highest BCUT2D eigenvalue weighted by Gasteiger charge is 2.23. The largest absolute Gasteiger partial charge is 0.312 e. The van der Waals surface area contributed by atoms with Gasteiger partial charge in [-0.1, -0.05) is 19.9 Å². The zero-order valence-electron chi connectivity index (χ0n) is 10.8. The molecule has 18 heavy (non-hydrogen) atoms. The van der Waals surface area contributed by atoms with Crippen molar-refractivity contribution in [1.82, 2.24) is 10.6 Å². The van der Waals surface area contributed by atoms with Crippen molar-refractivity contribution >= 4 is 0 Å². The van der Waals surface area contributed by atoms with Gasteiger partial charge in [-0.15, -0.1) is 0 Å². The summed E-state index contributed by atoms with van der Waals surface area (Å²) in [6.45, 7) is 5.14. The van der Waals surface area contributed by atoms with E-state index in [0.717, 1.165) is 24.9 Å². The predicted octanol–water partition coefficient (Wildman–Crippen LogP) is 2.76. The molecule has 0 amide bonds. The van der Waals surface area contributed by atoms with E-state index in [4.69, 9.17) is 0 Å². The van der Waals surface area contributed by atoms with Gasteiger partial charge in [-0.25, -0.2) is 8.78 Å². The van der Waals surface area contributed by atoms with Gasteiger partial charge in [0.15, 0.2) is 11.6 Å². The van der Waals surface area contributed by atoms with Crippen LogP contribution < -0.4 is 10.6 Å². The highest BCUT2D eigenvalue weighted by molar-refractivity contribution is 5.22. The summed E-state index contributed by atoms with van der Waals surface area (Å²) in [4.78, 5) is 0. The monoisotopic (exact) mass is 254 g/mol. The molecule has 1 aromatic carbocycles. The van der Waals surface area contributed by atoms with Crippen LogP contribution in [0.4, 0.5) is 8.78 Å². The molecule has 2 N–H and O–H groups in total. The van der Waals surface area contributed by atoms with E-state index < -0.39 is 11.6 Å². The van der Waals surface area contributed by atoms with E-state index in [-0.39, 0.29) is 6.04 Å². The molecule has 1 aliphatic heterocycles. The summed E-state index contributed by atoms with van der Waals surface area (Å²) < 4.78 is 26.1. The third-order valence-corrected chi connectivity index (χ3v) is 3.32. The van der Waals surface area contributed by atoms with E-state index in [1.165, 1.54) is 12.1 Å². The molecule has 0 aromatic heterocycles. The molecule has 1 saturated heterocycles. The van der Waals surface area contributed by atoms with Crippen LogP contribution >= 0.6 is 0 Å². The first-order chi connectivity index (χ1) is 8.56. The first-order valence-corrected chi connectivity index (χ1v) is 6.50. The molecule has 0 bridgehead atoms. The average Bonchev–Trinajstić information content (AvgIpc) is 2.32. The van der Waals surface area contributed by atoms with Crippen LogP contribution in [-0.4, -0.2) is 18.6 Å². The summed E-state index contributed by atoms with van der Waals surface area (Å²) in [5, 5.41) is 6.86. The summed E-state index contributed by atoms with van der Waals surface area (Å²) >= 11 is 0. The molecule has 0 saturated carbocycles. The number of hydrogen-bond donors (Lipinski definition) is 2. The Morgan fingerprint density at radius 2 is 2.06 bits per heavy atom. The second kappa shape index (κ2) is 5.76. The minimum Gasteiger partial charge on any atom is -0.312 e. The van der Waals surface area contributed by atoms with Gasteiger partial charge in [0.2, 0.25) is 0 Å². The Kier molecular flexibility index (Phi) is 4.30. The van der Waals surface area contributed by atoms with E-state index in [1.807, 2.05) is 0 Å².